The number of hydrogen-bond donors (Lipinski definition) is 0. The Morgan fingerprint density at radius 1 is 1.47 bits per heavy atom. The molecule has 0 aromatic rings. The van der Waals surface area contributed by atoms with Crippen molar-refractivity contribution in [3.05, 3.63) is 0 Å². The van der Waals surface area contributed by atoms with E-state index >= 15 is 0 Å². The van der Waals surface area contributed by atoms with E-state index in [0.29, 0.717) is 6.04 Å². The Labute approximate surface area is 114 Å². The topological polar surface area (TPSA) is 23.6 Å². The highest BCUT2D eigenvalue weighted by atomic mass is 79.9. The van der Waals surface area contributed by atoms with Crippen molar-refractivity contribution < 1.29 is 4.79 Å². The van der Waals surface area contributed by atoms with Crippen molar-refractivity contribution in [1.29, 1.82) is 0 Å². The molecule has 0 aromatic carbocycles. The van der Waals surface area contributed by atoms with Gasteiger partial charge >= 0.3 is 0 Å². The number of carbonyl (C=O) groups is 1. The van der Waals surface area contributed by atoms with Gasteiger partial charge in [-0.15, -0.1) is 0 Å². The van der Waals surface area contributed by atoms with Crippen LogP contribution in [0.4, 0.5) is 0 Å². The van der Waals surface area contributed by atoms with Crippen molar-refractivity contribution in [1.82, 2.24) is 9.80 Å². The summed E-state index contributed by atoms with van der Waals surface area (Å²) in [7, 11) is 2.16. The zero-order valence-electron chi connectivity index (χ0n) is 11.3. The van der Waals surface area contributed by atoms with Crippen LogP contribution >= 0.6 is 15.9 Å². The number of halogens is 1. The quantitative estimate of drug-likeness (QED) is 0.556. The lowest BCUT2D eigenvalue weighted by molar-refractivity contribution is -0.132. The second-order valence-corrected chi connectivity index (χ2v) is 6.32. The van der Waals surface area contributed by atoms with Gasteiger partial charge in [0.2, 0.25) is 5.91 Å². The molecule has 4 heteroatoms. The van der Waals surface area contributed by atoms with Gasteiger partial charge in [-0.2, -0.15) is 0 Å². The molecule has 0 N–H and O–H groups in total. The molecule has 0 aromatic heterocycles. The monoisotopic (exact) mass is 304 g/mol. The number of carbonyl (C=O) groups excluding carboxylic acids is 1. The highest BCUT2D eigenvalue weighted by Crippen LogP contribution is 2.18. The summed E-state index contributed by atoms with van der Waals surface area (Å²) >= 11 is 3.45. The van der Waals surface area contributed by atoms with Crippen LogP contribution < -0.4 is 0 Å². The molecule has 0 aliphatic carbocycles. The van der Waals surface area contributed by atoms with Gasteiger partial charge in [0, 0.05) is 19.1 Å². The molecule has 0 radical (unpaired) electrons. The van der Waals surface area contributed by atoms with Crippen LogP contribution in [-0.4, -0.2) is 53.3 Å². The molecule has 17 heavy (non-hydrogen) atoms. The number of unbranched alkanes of at least 4 members (excludes halogenated alkanes) is 1. The molecular weight excluding hydrogens is 280 g/mol. The summed E-state index contributed by atoms with van der Waals surface area (Å²) in [6.45, 7) is 7.42. The van der Waals surface area contributed by atoms with Crippen molar-refractivity contribution in [3.8, 4) is 0 Å². The Kier molecular flexibility index (Phi) is 6.49. The molecule has 100 valence electrons. The number of alkyl halides is 1. The zero-order chi connectivity index (χ0) is 12.8. The SMILES string of the molecule is CC(C)N(C)CCCCN1CCCC(Br)C1=O. The fourth-order valence-electron chi connectivity index (χ4n) is 2.04. The van der Waals surface area contributed by atoms with E-state index in [-0.39, 0.29) is 10.7 Å². The summed E-state index contributed by atoms with van der Waals surface area (Å²) < 4.78 is 0. The maximum Gasteiger partial charge on any atom is 0.236 e. The van der Waals surface area contributed by atoms with E-state index in [0.717, 1.165) is 38.9 Å². The smallest absolute Gasteiger partial charge is 0.236 e. The van der Waals surface area contributed by atoms with Gasteiger partial charge in [0.15, 0.2) is 0 Å². The molecule has 1 atom stereocenters. The van der Waals surface area contributed by atoms with E-state index in [1.54, 1.807) is 0 Å². The highest BCUT2D eigenvalue weighted by Gasteiger charge is 2.25. The fourth-order valence-corrected chi connectivity index (χ4v) is 2.65. The lowest BCUT2D eigenvalue weighted by Crippen LogP contribution is -2.42. The van der Waals surface area contributed by atoms with Crippen LogP contribution in [0.25, 0.3) is 0 Å². The first-order chi connectivity index (χ1) is 8.02. The Morgan fingerprint density at radius 2 is 2.18 bits per heavy atom. The molecule has 1 aliphatic rings. The first-order valence-electron chi connectivity index (χ1n) is 6.65. The minimum absolute atomic E-state index is 0.0644. The molecular formula is C13H25BrN2O. The van der Waals surface area contributed by atoms with Crippen molar-refractivity contribution in [2.45, 2.75) is 50.4 Å². The van der Waals surface area contributed by atoms with Crippen LogP contribution in [0.2, 0.25) is 0 Å². The molecule has 0 bridgehead atoms. The molecule has 1 unspecified atom stereocenters. The van der Waals surface area contributed by atoms with Gasteiger partial charge in [-0.25, -0.2) is 0 Å². The maximum atomic E-state index is 11.8. The van der Waals surface area contributed by atoms with Crippen LogP contribution in [0.5, 0.6) is 0 Å². The standard InChI is InChI=1S/C13H25BrN2O/c1-11(2)15(3)8-4-5-9-16-10-6-7-12(14)13(16)17/h11-12H,4-10H2,1-3H3. The number of hydrogen-bond acceptors (Lipinski definition) is 2. The summed E-state index contributed by atoms with van der Waals surface area (Å²) in [5.74, 6) is 0.286. The average molecular weight is 305 g/mol. The number of nitrogens with zero attached hydrogens (tertiary/aromatic N) is 2. The molecule has 1 aliphatic heterocycles. The summed E-state index contributed by atoms with van der Waals surface area (Å²) in [5, 5.41) is 0. The van der Waals surface area contributed by atoms with E-state index in [1.165, 1.54) is 6.42 Å². The summed E-state index contributed by atoms with van der Waals surface area (Å²) in [5.41, 5.74) is 0. The third-order valence-corrected chi connectivity index (χ3v) is 4.39. The molecule has 3 nitrogen and oxygen atoms in total. The van der Waals surface area contributed by atoms with Gasteiger partial charge in [0.25, 0.3) is 0 Å². The summed E-state index contributed by atoms with van der Waals surface area (Å²) in [6.07, 6.45) is 4.41. The Hall–Kier alpha value is -0.0900. The normalized spacial score (nSPS) is 21.6. The minimum Gasteiger partial charge on any atom is -0.342 e. The predicted octanol–water partition coefficient (Wildman–Crippen LogP) is 2.49. The Bertz CT molecular complexity index is 246. The number of rotatable bonds is 6. The first kappa shape index (κ1) is 15.0. The van der Waals surface area contributed by atoms with Gasteiger partial charge in [-0.3, -0.25) is 4.79 Å². The highest BCUT2D eigenvalue weighted by molar-refractivity contribution is 9.10. The second kappa shape index (κ2) is 7.37. The van der Waals surface area contributed by atoms with E-state index in [9.17, 15) is 4.79 Å². The van der Waals surface area contributed by atoms with Crippen molar-refractivity contribution in [3.63, 3.8) is 0 Å². The molecule has 1 saturated heterocycles. The lowest BCUT2D eigenvalue weighted by atomic mass is 10.1. The van der Waals surface area contributed by atoms with Crippen LogP contribution in [0, 0.1) is 0 Å². The fraction of sp³-hybridized carbons (Fsp3) is 0.923. The zero-order valence-corrected chi connectivity index (χ0v) is 12.9. The van der Waals surface area contributed by atoms with Gasteiger partial charge in [-0.05, 0) is 53.1 Å². The molecule has 1 fully saturated rings. The molecule has 1 rings (SSSR count). The van der Waals surface area contributed by atoms with Gasteiger partial charge in [0.05, 0.1) is 4.83 Å². The second-order valence-electron chi connectivity index (χ2n) is 5.22. The van der Waals surface area contributed by atoms with Crippen LogP contribution in [0.3, 0.4) is 0 Å². The average Bonchev–Trinajstić information content (AvgIpc) is 2.29. The number of piperidine rings is 1. The van der Waals surface area contributed by atoms with Gasteiger partial charge in [0.1, 0.15) is 0 Å². The van der Waals surface area contributed by atoms with Gasteiger partial charge < -0.3 is 9.80 Å². The first-order valence-corrected chi connectivity index (χ1v) is 7.57. The van der Waals surface area contributed by atoms with Crippen molar-refractivity contribution in [2.24, 2.45) is 0 Å². The third-order valence-electron chi connectivity index (χ3n) is 3.54. The lowest BCUT2D eigenvalue weighted by Gasteiger charge is -2.30. The molecule has 1 heterocycles. The van der Waals surface area contributed by atoms with Crippen LogP contribution in [0.15, 0.2) is 0 Å². The maximum absolute atomic E-state index is 11.8. The van der Waals surface area contributed by atoms with Crippen LogP contribution in [0.1, 0.15) is 39.5 Å². The van der Waals surface area contributed by atoms with Crippen molar-refractivity contribution >= 4 is 21.8 Å². The van der Waals surface area contributed by atoms with E-state index in [4.69, 9.17) is 0 Å². The predicted molar refractivity (Wildman–Crippen MR) is 75.5 cm³/mol. The minimum atomic E-state index is 0.0644. The van der Waals surface area contributed by atoms with E-state index in [2.05, 4.69) is 41.7 Å². The third kappa shape index (κ3) is 4.96. The summed E-state index contributed by atoms with van der Waals surface area (Å²) in [6, 6.07) is 0.610. The van der Waals surface area contributed by atoms with Crippen molar-refractivity contribution in [2.75, 3.05) is 26.7 Å². The molecule has 0 spiro atoms. The van der Waals surface area contributed by atoms with Crippen LogP contribution in [-0.2, 0) is 4.79 Å². The van der Waals surface area contributed by atoms with E-state index in [1.807, 2.05) is 4.90 Å². The largest absolute Gasteiger partial charge is 0.342 e. The molecule has 0 saturated carbocycles. The van der Waals surface area contributed by atoms with Gasteiger partial charge in [-0.1, -0.05) is 15.9 Å². The number of amides is 1. The Morgan fingerprint density at radius 3 is 2.82 bits per heavy atom. The summed E-state index contributed by atoms with van der Waals surface area (Å²) in [4.78, 5) is 16.3. The Balaban J connectivity index is 2.16. The molecule has 1 amide bonds. The number of likely N-dealkylation sites (tertiary alicyclic amines) is 1. The van der Waals surface area contributed by atoms with E-state index < -0.39 is 0 Å².